The van der Waals surface area contributed by atoms with Gasteiger partial charge < -0.3 is 20.7 Å². The number of carboxylic acids is 1. The molecule has 1 aromatic rings. The first-order valence-electron chi connectivity index (χ1n) is 2.89. The van der Waals surface area contributed by atoms with E-state index >= 15 is 0 Å². The van der Waals surface area contributed by atoms with E-state index in [-0.39, 0.29) is 49.0 Å². The maximum absolute atomic E-state index is 10.8. The van der Waals surface area contributed by atoms with Crippen LogP contribution in [0.4, 0.5) is 5.69 Å². The van der Waals surface area contributed by atoms with Crippen LogP contribution in [0, 0.1) is 0 Å². The summed E-state index contributed by atoms with van der Waals surface area (Å²) in [5.41, 5.74) is 5.10. The van der Waals surface area contributed by atoms with Gasteiger partial charge >= 0.3 is 37.7 Å². The van der Waals surface area contributed by atoms with Crippen LogP contribution >= 0.6 is 0 Å². The third-order valence-electron chi connectivity index (χ3n) is 1.23. The standard InChI is InChI=1S/C7H7NO3.Ca/c8-4-1-2-5(7(10)11)6(9)3-4;/h1-3,9H,8H2,(H,10,11);/q;+2/p-2. The topological polar surface area (TPSA) is 89.2 Å². The van der Waals surface area contributed by atoms with Crippen LogP contribution in [0.25, 0.3) is 0 Å². The molecule has 12 heavy (non-hydrogen) atoms. The fraction of sp³-hybridized carbons (Fsp3) is 0. The number of hydrogen-bond acceptors (Lipinski definition) is 4. The third kappa shape index (κ3) is 2.55. The van der Waals surface area contributed by atoms with Crippen LogP contribution in [0.1, 0.15) is 10.4 Å². The Morgan fingerprint density at radius 1 is 1.42 bits per heavy atom. The van der Waals surface area contributed by atoms with E-state index in [2.05, 4.69) is 0 Å². The first-order valence-corrected chi connectivity index (χ1v) is 2.89. The van der Waals surface area contributed by atoms with Crippen LogP contribution in [-0.4, -0.2) is 43.7 Å². The molecule has 0 bridgehead atoms. The van der Waals surface area contributed by atoms with Gasteiger partial charge in [-0.1, -0.05) is 11.8 Å². The van der Waals surface area contributed by atoms with Gasteiger partial charge in [0.05, 0.1) is 5.97 Å². The molecule has 0 fully saturated rings. The van der Waals surface area contributed by atoms with Crippen molar-refractivity contribution in [3.05, 3.63) is 23.8 Å². The molecule has 0 aliphatic carbocycles. The summed E-state index contributed by atoms with van der Waals surface area (Å²) in [6, 6.07) is 3.52. The largest absolute Gasteiger partial charge is 2.00 e. The van der Waals surface area contributed by atoms with Gasteiger partial charge in [0.2, 0.25) is 0 Å². The summed E-state index contributed by atoms with van der Waals surface area (Å²) < 4.78 is 0. The Labute approximate surface area is 99.0 Å². The maximum atomic E-state index is 10.8. The van der Waals surface area contributed by atoms with E-state index in [0.717, 1.165) is 12.1 Å². The van der Waals surface area contributed by atoms with Gasteiger partial charge in [-0.15, -0.1) is 0 Å². The van der Waals surface area contributed by atoms with Gasteiger partial charge in [-0.3, -0.25) is 0 Å². The molecule has 0 atom stereocenters. The predicted octanol–water partition coefficient (Wildman–Crippen LogP) is -1.67. The van der Waals surface area contributed by atoms with Crippen molar-refractivity contribution in [2.75, 3.05) is 5.73 Å². The Morgan fingerprint density at radius 3 is 2.42 bits per heavy atom. The number of rotatable bonds is 1. The van der Waals surface area contributed by atoms with Crippen LogP contribution in [-0.2, 0) is 0 Å². The fourth-order valence-corrected chi connectivity index (χ4v) is 0.708. The number of aromatic carboxylic acids is 1. The molecule has 0 heterocycles. The molecule has 2 N–H and O–H groups in total. The van der Waals surface area contributed by atoms with Gasteiger partial charge in [0, 0.05) is 5.69 Å². The summed E-state index contributed by atoms with van der Waals surface area (Å²) in [4.78, 5) is 10.2. The minimum absolute atomic E-state index is 0. The predicted molar refractivity (Wildman–Crippen MR) is 40.4 cm³/mol. The molecule has 0 saturated carbocycles. The van der Waals surface area contributed by atoms with E-state index in [1.54, 1.807) is 0 Å². The zero-order valence-corrected chi connectivity index (χ0v) is 8.45. The Morgan fingerprint density at radius 2 is 2.00 bits per heavy atom. The Balaban J connectivity index is 0.00000121. The van der Waals surface area contributed by atoms with Gasteiger partial charge in [0.15, 0.2) is 0 Å². The van der Waals surface area contributed by atoms with E-state index in [9.17, 15) is 15.0 Å². The van der Waals surface area contributed by atoms with Crippen molar-refractivity contribution >= 4 is 49.4 Å². The number of anilines is 1. The van der Waals surface area contributed by atoms with Gasteiger partial charge in [0.25, 0.3) is 0 Å². The fourth-order valence-electron chi connectivity index (χ4n) is 0.708. The number of carboxylic acid groups (broad SMARTS) is 1. The molecular formula is C7H5CaNO3. The second-order valence-corrected chi connectivity index (χ2v) is 2.04. The third-order valence-corrected chi connectivity index (χ3v) is 1.23. The van der Waals surface area contributed by atoms with Crippen molar-refractivity contribution in [1.29, 1.82) is 0 Å². The van der Waals surface area contributed by atoms with Crippen LogP contribution in [0.15, 0.2) is 18.2 Å². The molecule has 0 radical (unpaired) electrons. The molecule has 0 aromatic heterocycles. The maximum Gasteiger partial charge on any atom is 2.00 e. The molecule has 0 aliphatic rings. The summed E-state index contributed by atoms with van der Waals surface area (Å²) >= 11 is 0. The van der Waals surface area contributed by atoms with Crippen LogP contribution in [0.5, 0.6) is 5.75 Å². The average Bonchev–Trinajstić information content (AvgIpc) is 1.85. The molecule has 4 nitrogen and oxygen atoms in total. The second kappa shape index (κ2) is 4.54. The average molecular weight is 191 g/mol. The first kappa shape index (κ1) is 11.5. The van der Waals surface area contributed by atoms with Crippen molar-refractivity contribution in [3.8, 4) is 5.75 Å². The van der Waals surface area contributed by atoms with E-state index in [4.69, 9.17) is 5.73 Å². The molecule has 0 amide bonds. The quantitative estimate of drug-likeness (QED) is 0.424. The van der Waals surface area contributed by atoms with Crippen LogP contribution in [0.2, 0.25) is 0 Å². The van der Waals surface area contributed by atoms with Gasteiger partial charge in [-0.05, 0) is 17.7 Å². The van der Waals surface area contributed by atoms with Crippen LogP contribution < -0.4 is 15.9 Å². The minimum Gasteiger partial charge on any atom is -0.872 e. The minimum atomic E-state index is -1.48. The molecule has 5 heteroatoms. The van der Waals surface area contributed by atoms with Crippen LogP contribution in [0.3, 0.4) is 0 Å². The number of nitrogens with two attached hydrogens (primary N) is 1. The van der Waals surface area contributed by atoms with Crippen molar-refractivity contribution in [2.45, 2.75) is 0 Å². The molecule has 58 valence electrons. The normalized spacial score (nSPS) is 8.67. The number of benzene rings is 1. The number of nitrogen functional groups attached to an aromatic ring is 1. The Hall–Kier alpha value is -0.450. The van der Waals surface area contributed by atoms with Crippen molar-refractivity contribution in [2.24, 2.45) is 0 Å². The SMILES string of the molecule is Nc1ccc(C(=O)[O-])c([O-])c1.[Ca+2]. The summed E-state index contributed by atoms with van der Waals surface area (Å²) in [6.07, 6.45) is 0. The van der Waals surface area contributed by atoms with Crippen molar-refractivity contribution in [1.82, 2.24) is 0 Å². The molecular weight excluding hydrogens is 186 g/mol. The molecule has 0 aliphatic heterocycles. The zero-order valence-electron chi connectivity index (χ0n) is 6.24. The molecule has 1 aromatic carbocycles. The molecule has 0 unspecified atom stereocenters. The van der Waals surface area contributed by atoms with E-state index < -0.39 is 11.7 Å². The summed E-state index contributed by atoms with van der Waals surface area (Å²) in [5, 5.41) is 21.0. The number of carbonyl (C=O) groups is 1. The zero-order chi connectivity index (χ0) is 8.43. The summed E-state index contributed by atoms with van der Waals surface area (Å²) in [6.45, 7) is 0. The first-order chi connectivity index (χ1) is 5.11. The van der Waals surface area contributed by atoms with Crippen molar-refractivity contribution < 1.29 is 15.0 Å². The summed E-state index contributed by atoms with van der Waals surface area (Å²) in [5.74, 6) is -2.10. The summed E-state index contributed by atoms with van der Waals surface area (Å²) in [7, 11) is 0. The van der Waals surface area contributed by atoms with Gasteiger partial charge in [-0.2, -0.15) is 0 Å². The number of hydrogen-bond donors (Lipinski definition) is 1. The van der Waals surface area contributed by atoms with E-state index in [1.165, 1.54) is 6.07 Å². The van der Waals surface area contributed by atoms with Gasteiger partial charge in [-0.25, -0.2) is 0 Å². The van der Waals surface area contributed by atoms with E-state index in [0.29, 0.717) is 0 Å². The second-order valence-electron chi connectivity index (χ2n) is 2.04. The molecule has 0 saturated heterocycles. The smallest absolute Gasteiger partial charge is 0.872 e. The Kier molecular flexibility index (Phi) is 4.37. The monoisotopic (exact) mass is 191 g/mol. The molecule has 0 spiro atoms. The Bertz CT molecular complexity index is 301. The molecule has 1 rings (SSSR count). The number of carbonyl (C=O) groups excluding carboxylic acids is 1. The van der Waals surface area contributed by atoms with Gasteiger partial charge in [0.1, 0.15) is 0 Å². The van der Waals surface area contributed by atoms with E-state index in [1.807, 2.05) is 0 Å². The van der Waals surface area contributed by atoms with Crippen molar-refractivity contribution in [3.63, 3.8) is 0 Å².